The molecule has 3 N–H and O–H groups in total. The van der Waals surface area contributed by atoms with E-state index in [2.05, 4.69) is 54.5 Å². The van der Waals surface area contributed by atoms with Crippen molar-refractivity contribution in [2.24, 2.45) is 50.2 Å². The van der Waals surface area contributed by atoms with Crippen molar-refractivity contribution in [3.05, 3.63) is 11.6 Å². The molecule has 0 aromatic carbocycles. The van der Waals surface area contributed by atoms with Crippen LogP contribution in [0.4, 0.5) is 0 Å². The van der Waals surface area contributed by atoms with Gasteiger partial charge in [0.05, 0.1) is 17.6 Å². The maximum absolute atomic E-state index is 12.8. The van der Waals surface area contributed by atoms with Crippen molar-refractivity contribution in [2.45, 2.75) is 118 Å². The largest absolute Gasteiger partial charge is 0.481 e. The molecule has 0 aromatic heterocycles. The molecule has 5 rings (SSSR count). The molecular formula is C30H48O4. The number of hydrogen-bond acceptors (Lipinski definition) is 3. The summed E-state index contributed by atoms with van der Waals surface area (Å²) in [5.74, 6) is 0.365. The average Bonchev–Trinajstić information content (AvgIpc) is 2.72. The molecule has 0 aromatic rings. The summed E-state index contributed by atoms with van der Waals surface area (Å²) in [7, 11) is 0. The Kier molecular flexibility index (Phi) is 5.20. The summed E-state index contributed by atoms with van der Waals surface area (Å²) in [5, 5.41) is 32.4. The Bertz CT molecular complexity index is 919. The zero-order valence-electron chi connectivity index (χ0n) is 22.6. The molecule has 0 amide bonds. The minimum Gasteiger partial charge on any atom is -0.481 e. The molecular weight excluding hydrogens is 424 g/mol. The number of carboxylic acid groups (broad SMARTS) is 1. The van der Waals surface area contributed by atoms with Crippen LogP contribution in [0.15, 0.2) is 11.6 Å². The molecule has 9 atom stereocenters. The first kappa shape index (κ1) is 24.8. The van der Waals surface area contributed by atoms with Crippen molar-refractivity contribution in [1.82, 2.24) is 0 Å². The van der Waals surface area contributed by atoms with Gasteiger partial charge in [-0.2, -0.15) is 0 Å². The molecule has 192 valence electrons. The Labute approximate surface area is 206 Å². The molecule has 5 aliphatic carbocycles. The van der Waals surface area contributed by atoms with Crippen LogP contribution >= 0.6 is 0 Å². The van der Waals surface area contributed by atoms with E-state index < -0.39 is 23.6 Å². The van der Waals surface area contributed by atoms with Crippen LogP contribution in [0.25, 0.3) is 0 Å². The summed E-state index contributed by atoms with van der Waals surface area (Å²) in [6.45, 7) is 16.3. The normalized spacial score (nSPS) is 53.4. The first-order valence-electron chi connectivity index (χ1n) is 13.9. The van der Waals surface area contributed by atoms with Gasteiger partial charge in [0.1, 0.15) is 0 Å². The fraction of sp³-hybridized carbons (Fsp3) is 0.900. The Hall–Kier alpha value is -0.870. The van der Waals surface area contributed by atoms with E-state index in [1.807, 2.05) is 0 Å². The lowest BCUT2D eigenvalue weighted by Crippen LogP contribution is -2.67. The number of allylic oxidation sites excluding steroid dienone is 2. The fourth-order valence-electron chi connectivity index (χ4n) is 10.8. The molecule has 4 fully saturated rings. The molecule has 0 bridgehead atoms. The van der Waals surface area contributed by atoms with Gasteiger partial charge in [0.2, 0.25) is 0 Å². The lowest BCUT2D eigenvalue weighted by atomic mass is 9.33. The monoisotopic (exact) mass is 472 g/mol. The Balaban J connectivity index is 1.61. The summed E-state index contributed by atoms with van der Waals surface area (Å²) in [4.78, 5) is 12.8. The highest BCUT2D eigenvalue weighted by Crippen LogP contribution is 2.75. The van der Waals surface area contributed by atoms with Crippen LogP contribution in [-0.2, 0) is 4.79 Å². The van der Waals surface area contributed by atoms with Crippen molar-refractivity contribution in [3.63, 3.8) is 0 Å². The molecule has 4 unspecified atom stereocenters. The zero-order chi connectivity index (χ0) is 25.1. The van der Waals surface area contributed by atoms with Crippen LogP contribution in [0.1, 0.15) is 106 Å². The number of aliphatic hydroxyl groups excluding tert-OH is 2. The lowest BCUT2D eigenvalue weighted by Gasteiger charge is -2.71. The van der Waals surface area contributed by atoms with E-state index in [9.17, 15) is 20.1 Å². The number of aliphatic hydroxyl groups is 2. The zero-order valence-corrected chi connectivity index (χ0v) is 22.6. The number of carboxylic acids is 1. The number of carbonyl (C=O) groups is 1. The third kappa shape index (κ3) is 2.88. The van der Waals surface area contributed by atoms with Crippen molar-refractivity contribution in [3.8, 4) is 0 Å². The standard InChI is InChI=1S/C30H48O4/c1-25(2)12-14-30(24(33)34)15-13-28(6)18(19(30)16-25)8-9-22-27(5)17-20(31)23(32)26(3,4)21(27)10-11-29(22,28)7/h8,19-23,31-32H,9-17H2,1-7H3,(H,33,34)/t19?,20-,21?,22?,23+,27+,28-,29-,30?/m1/s1. The number of rotatable bonds is 1. The van der Waals surface area contributed by atoms with Gasteiger partial charge >= 0.3 is 5.97 Å². The average molecular weight is 473 g/mol. The van der Waals surface area contributed by atoms with E-state index in [1.54, 1.807) is 0 Å². The molecule has 4 nitrogen and oxygen atoms in total. The van der Waals surface area contributed by atoms with Crippen molar-refractivity contribution < 1.29 is 20.1 Å². The minimum atomic E-state index is -0.679. The molecule has 4 saturated carbocycles. The second kappa shape index (κ2) is 7.12. The Morgan fingerprint density at radius 1 is 0.882 bits per heavy atom. The van der Waals surface area contributed by atoms with Gasteiger partial charge in [-0.05, 0) is 103 Å². The fourth-order valence-corrected chi connectivity index (χ4v) is 10.8. The summed E-state index contributed by atoms with van der Waals surface area (Å²) >= 11 is 0. The first-order chi connectivity index (χ1) is 15.6. The maximum Gasteiger partial charge on any atom is 0.310 e. The predicted molar refractivity (Wildman–Crippen MR) is 134 cm³/mol. The van der Waals surface area contributed by atoms with Crippen LogP contribution in [0, 0.1) is 50.2 Å². The summed E-state index contributed by atoms with van der Waals surface area (Å²) in [5.41, 5.74) is 0.754. The quantitative estimate of drug-likeness (QED) is 0.397. The van der Waals surface area contributed by atoms with Crippen LogP contribution in [0.5, 0.6) is 0 Å². The summed E-state index contributed by atoms with van der Waals surface area (Å²) in [6.07, 6.45) is 9.45. The molecule has 34 heavy (non-hydrogen) atoms. The van der Waals surface area contributed by atoms with Crippen molar-refractivity contribution in [1.29, 1.82) is 0 Å². The predicted octanol–water partition coefficient (Wildman–Crippen LogP) is 6.20. The van der Waals surface area contributed by atoms with Crippen LogP contribution in [-0.4, -0.2) is 33.5 Å². The van der Waals surface area contributed by atoms with E-state index in [1.165, 1.54) is 5.57 Å². The lowest BCUT2D eigenvalue weighted by molar-refractivity contribution is -0.231. The molecule has 4 heteroatoms. The highest BCUT2D eigenvalue weighted by atomic mass is 16.4. The third-order valence-electron chi connectivity index (χ3n) is 13.0. The third-order valence-corrected chi connectivity index (χ3v) is 13.0. The van der Waals surface area contributed by atoms with Gasteiger partial charge in [-0.1, -0.05) is 60.1 Å². The van der Waals surface area contributed by atoms with Crippen LogP contribution in [0.3, 0.4) is 0 Å². The van der Waals surface area contributed by atoms with Gasteiger partial charge in [-0.15, -0.1) is 0 Å². The smallest absolute Gasteiger partial charge is 0.310 e. The Morgan fingerprint density at radius 3 is 2.18 bits per heavy atom. The van der Waals surface area contributed by atoms with Gasteiger partial charge < -0.3 is 15.3 Å². The number of hydrogen-bond donors (Lipinski definition) is 3. The van der Waals surface area contributed by atoms with Crippen LogP contribution < -0.4 is 0 Å². The molecule has 0 saturated heterocycles. The summed E-state index contributed by atoms with van der Waals surface area (Å²) in [6, 6.07) is 0. The highest BCUT2D eigenvalue weighted by molar-refractivity contribution is 5.76. The van der Waals surface area contributed by atoms with Gasteiger partial charge in [-0.3, -0.25) is 4.79 Å². The van der Waals surface area contributed by atoms with Gasteiger partial charge in [-0.25, -0.2) is 0 Å². The van der Waals surface area contributed by atoms with Crippen molar-refractivity contribution in [2.75, 3.05) is 0 Å². The SMILES string of the molecule is CC1(C)CCC2(C(=O)O)CC[C@]3(C)C(=CCC4[C@@]5(C)C[C@@H](O)[C@H](O)C(C)(C)C5CC[C@]43C)C2C1. The molecule has 0 spiro atoms. The van der Waals surface area contributed by atoms with Gasteiger partial charge in [0.25, 0.3) is 0 Å². The maximum atomic E-state index is 12.8. The molecule has 0 radical (unpaired) electrons. The Morgan fingerprint density at radius 2 is 1.53 bits per heavy atom. The molecule has 5 aliphatic rings. The summed E-state index contributed by atoms with van der Waals surface area (Å²) < 4.78 is 0. The number of aliphatic carboxylic acids is 1. The highest BCUT2D eigenvalue weighted by Gasteiger charge is 2.70. The molecule has 0 heterocycles. The van der Waals surface area contributed by atoms with Gasteiger partial charge in [0, 0.05) is 0 Å². The first-order valence-corrected chi connectivity index (χ1v) is 13.9. The van der Waals surface area contributed by atoms with E-state index in [-0.39, 0.29) is 33.0 Å². The van der Waals surface area contributed by atoms with E-state index >= 15 is 0 Å². The topological polar surface area (TPSA) is 77.8 Å². The molecule has 0 aliphatic heterocycles. The van der Waals surface area contributed by atoms with E-state index in [0.717, 1.165) is 51.4 Å². The second-order valence-corrected chi connectivity index (χ2v) is 15.2. The number of fused-ring (bicyclic) bond motifs is 7. The minimum absolute atomic E-state index is 0.00785. The van der Waals surface area contributed by atoms with Crippen LogP contribution in [0.2, 0.25) is 0 Å². The van der Waals surface area contributed by atoms with E-state index in [4.69, 9.17) is 0 Å². The second-order valence-electron chi connectivity index (χ2n) is 15.2. The van der Waals surface area contributed by atoms with Crippen molar-refractivity contribution >= 4 is 5.97 Å². The van der Waals surface area contributed by atoms with E-state index in [0.29, 0.717) is 18.3 Å². The van der Waals surface area contributed by atoms with Gasteiger partial charge in [0.15, 0.2) is 0 Å².